The van der Waals surface area contributed by atoms with Gasteiger partial charge in [0.2, 0.25) is 0 Å². The van der Waals surface area contributed by atoms with E-state index in [1.165, 1.54) is 5.56 Å². The first-order chi connectivity index (χ1) is 32.3. The molecule has 310 valence electrons. The Labute approximate surface area is 380 Å². The van der Waals surface area contributed by atoms with Crippen LogP contribution in [0.3, 0.4) is 0 Å². The molecular formula is C60H49N3O. The molecule has 0 atom stereocenters. The van der Waals surface area contributed by atoms with E-state index >= 15 is 0 Å². The van der Waals surface area contributed by atoms with Gasteiger partial charge in [-0.05, 0) is 141 Å². The van der Waals surface area contributed by atoms with Gasteiger partial charge in [-0.3, -0.25) is 9.55 Å². The highest BCUT2D eigenvalue weighted by Gasteiger charge is 2.25. The number of aromatic nitrogens is 3. The monoisotopic (exact) mass is 830 g/mol. The summed E-state index contributed by atoms with van der Waals surface area (Å²) in [5.74, 6) is 0.456. The first-order valence-corrected chi connectivity index (χ1v) is 21.7. The molecule has 10 rings (SSSR count). The number of pyridine rings is 1. The lowest BCUT2D eigenvalue weighted by Crippen LogP contribution is -2.13. The molecule has 8 aromatic carbocycles. The number of para-hydroxylation sites is 2. The molecule has 1 N–H and O–H groups in total. The fourth-order valence-corrected chi connectivity index (χ4v) is 8.89. The van der Waals surface area contributed by atoms with Crippen LogP contribution >= 0.6 is 0 Å². The van der Waals surface area contributed by atoms with Gasteiger partial charge in [0, 0.05) is 21.4 Å². The molecule has 2 heterocycles. The molecule has 0 saturated carbocycles. The van der Waals surface area contributed by atoms with Crippen LogP contribution in [0.25, 0.3) is 95.0 Å². The molecule has 0 spiro atoms. The molecule has 0 bridgehead atoms. The highest BCUT2D eigenvalue weighted by molar-refractivity contribution is 5.98. The Bertz CT molecular complexity index is 3440. The molecular weight excluding hydrogens is 779 g/mol. The highest BCUT2D eigenvalue weighted by Crippen LogP contribution is 2.44. The average molecular weight is 831 g/mol. The number of aryl methyl sites for hydroxylation is 2. The number of fused-ring (bicyclic) bond motifs is 1. The van der Waals surface area contributed by atoms with Gasteiger partial charge in [0.25, 0.3) is 0 Å². The van der Waals surface area contributed by atoms with Gasteiger partial charge in [-0.15, -0.1) is 0 Å². The van der Waals surface area contributed by atoms with Crippen molar-refractivity contribution < 1.29 is 9.22 Å². The van der Waals surface area contributed by atoms with Gasteiger partial charge in [-0.25, -0.2) is 4.98 Å². The SMILES string of the molecule is [2H]C([2H])([2H])c1cc(-c2c(-c3ccccc3)cccc2C(C)(C)C)ccc1-n1c(-c2ccccc2O)nc2c(-c3cc(-c4ccccc4)cc(-c4cc(-c5ccc(C)cc5)ccn4)c3)cccc21. The molecule has 10 aromatic rings. The molecule has 0 aliphatic carbocycles. The number of nitrogens with zero attached hydrogens (tertiary/aromatic N) is 3. The molecule has 0 fully saturated rings. The molecule has 0 aliphatic heterocycles. The van der Waals surface area contributed by atoms with Crippen molar-refractivity contribution in [3.8, 4) is 89.7 Å². The lowest BCUT2D eigenvalue weighted by atomic mass is 9.78. The zero-order valence-electron chi connectivity index (χ0n) is 39.3. The standard InChI is InChI=1S/C60H49N3O/c1-39-26-28-42(29-27-39)44-32-33-61-53(38-44)48-36-46(41-16-8-6-9-17-41)35-47(37-48)50-22-15-24-55-58(50)62-59(51-20-12-13-25-56(51)64)63(55)54-31-30-45(34-40(54)2)57-49(43-18-10-7-11-19-43)21-14-23-52(57)60(3,4)5/h6-38,64H,1-5H3/i2D3. The number of hydrogen-bond acceptors (Lipinski definition) is 3. The maximum atomic E-state index is 11.5. The van der Waals surface area contributed by atoms with E-state index in [9.17, 15) is 5.11 Å². The fourth-order valence-electron chi connectivity index (χ4n) is 8.89. The van der Waals surface area contributed by atoms with Gasteiger partial charge in [0.1, 0.15) is 11.6 Å². The second kappa shape index (κ2) is 16.5. The minimum atomic E-state index is -2.53. The minimum Gasteiger partial charge on any atom is -0.507 e. The highest BCUT2D eigenvalue weighted by atomic mass is 16.3. The van der Waals surface area contributed by atoms with E-state index < -0.39 is 6.85 Å². The summed E-state index contributed by atoms with van der Waals surface area (Å²) in [6.45, 7) is 6.12. The van der Waals surface area contributed by atoms with Crippen LogP contribution in [0.1, 0.15) is 41.6 Å². The Morgan fingerprint density at radius 1 is 0.516 bits per heavy atom. The van der Waals surface area contributed by atoms with E-state index in [0.29, 0.717) is 28.1 Å². The summed E-state index contributed by atoms with van der Waals surface area (Å²) in [4.78, 5) is 10.3. The van der Waals surface area contributed by atoms with Crippen LogP contribution in [-0.2, 0) is 5.41 Å². The van der Waals surface area contributed by atoms with Crippen molar-refractivity contribution in [1.82, 2.24) is 14.5 Å². The summed E-state index contributed by atoms with van der Waals surface area (Å²) in [5.41, 5.74) is 16.2. The van der Waals surface area contributed by atoms with E-state index in [0.717, 1.165) is 72.5 Å². The summed E-state index contributed by atoms with van der Waals surface area (Å²) in [5, 5.41) is 11.5. The smallest absolute Gasteiger partial charge is 0.149 e. The summed E-state index contributed by atoms with van der Waals surface area (Å²) in [7, 11) is 0. The molecule has 0 saturated heterocycles. The maximum Gasteiger partial charge on any atom is 0.149 e. The van der Waals surface area contributed by atoms with Gasteiger partial charge >= 0.3 is 0 Å². The van der Waals surface area contributed by atoms with Crippen molar-refractivity contribution >= 4 is 11.0 Å². The lowest BCUT2D eigenvalue weighted by Gasteiger charge is -2.26. The van der Waals surface area contributed by atoms with Crippen molar-refractivity contribution in [2.24, 2.45) is 0 Å². The van der Waals surface area contributed by atoms with Gasteiger partial charge in [-0.2, -0.15) is 0 Å². The second-order valence-corrected chi connectivity index (χ2v) is 17.5. The topological polar surface area (TPSA) is 50.9 Å². The third-order valence-electron chi connectivity index (χ3n) is 12.1. The number of benzene rings is 8. The summed E-state index contributed by atoms with van der Waals surface area (Å²) in [6.07, 6.45) is 1.86. The summed E-state index contributed by atoms with van der Waals surface area (Å²) >= 11 is 0. The van der Waals surface area contributed by atoms with Crippen LogP contribution in [0.5, 0.6) is 5.75 Å². The van der Waals surface area contributed by atoms with Gasteiger partial charge in [-0.1, -0.05) is 160 Å². The molecule has 4 heteroatoms. The van der Waals surface area contributed by atoms with Crippen LogP contribution in [0.4, 0.5) is 0 Å². The Morgan fingerprint density at radius 3 is 1.91 bits per heavy atom. The second-order valence-electron chi connectivity index (χ2n) is 17.5. The Kier molecular flexibility index (Phi) is 9.47. The predicted octanol–water partition coefficient (Wildman–Crippen LogP) is 15.7. The number of hydrogen-bond donors (Lipinski definition) is 1. The molecule has 0 unspecified atom stereocenters. The molecule has 0 aliphatic rings. The maximum absolute atomic E-state index is 11.5. The van der Waals surface area contributed by atoms with E-state index in [2.05, 4.69) is 125 Å². The number of phenolic OH excluding ortho intramolecular Hbond substituents is 1. The van der Waals surface area contributed by atoms with Crippen molar-refractivity contribution in [2.45, 2.75) is 40.0 Å². The fraction of sp³-hybridized carbons (Fsp3) is 0.100. The van der Waals surface area contributed by atoms with Crippen molar-refractivity contribution in [3.63, 3.8) is 0 Å². The Balaban J connectivity index is 1.21. The third-order valence-corrected chi connectivity index (χ3v) is 12.1. The first kappa shape index (κ1) is 36.8. The minimum absolute atomic E-state index is 0.0344. The molecule has 0 radical (unpaired) electrons. The van der Waals surface area contributed by atoms with E-state index in [4.69, 9.17) is 14.1 Å². The first-order valence-electron chi connectivity index (χ1n) is 23.2. The largest absolute Gasteiger partial charge is 0.507 e. The molecule has 4 nitrogen and oxygen atoms in total. The van der Waals surface area contributed by atoms with Gasteiger partial charge in [0.15, 0.2) is 0 Å². The van der Waals surface area contributed by atoms with Crippen LogP contribution in [0.15, 0.2) is 200 Å². The molecule has 0 amide bonds. The van der Waals surface area contributed by atoms with Crippen LogP contribution < -0.4 is 0 Å². The Morgan fingerprint density at radius 2 is 1.16 bits per heavy atom. The third kappa shape index (κ3) is 7.58. The average Bonchev–Trinajstić information content (AvgIpc) is 3.73. The van der Waals surface area contributed by atoms with Crippen molar-refractivity contribution in [2.75, 3.05) is 0 Å². The number of aromatic hydroxyl groups is 1. The zero-order valence-corrected chi connectivity index (χ0v) is 36.3. The number of phenols is 1. The van der Waals surface area contributed by atoms with Gasteiger partial charge < -0.3 is 5.11 Å². The number of imidazole rings is 1. The normalized spacial score (nSPS) is 12.5. The zero-order chi connectivity index (χ0) is 46.5. The van der Waals surface area contributed by atoms with Gasteiger partial charge in [0.05, 0.1) is 28.0 Å². The molecule has 2 aromatic heterocycles. The van der Waals surface area contributed by atoms with Crippen molar-refractivity contribution in [1.29, 1.82) is 0 Å². The van der Waals surface area contributed by atoms with Crippen LogP contribution in [0.2, 0.25) is 0 Å². The van der Waals surface area contributed by atoms with Crippen molar-refractivity contribution in [3.05, 3.63) is 217 Å². The van der Waals surface area contributed by atoms with E-state index in [-0.39, 0.29) is 16.7 Å². The van der Waals surface area contributed by atoms with Crippen LogP contribution in [-0.4, -0.2) is 19.6 Å². The van der Waals surface area contributed by atoms with Crippen LogP contribution in [0, 0.1) is 13.8 Å². The van der Waals surface area contributed by atoms with E-state index in [1.54, 1.807) is 12.1 Å². The Hall–Kier alpha value is -7.82. The summed E-state index contributed by atoms with van der Waals surface area (Å²) < 4.78 is 29.2. The molecule has 64 heavy (non-hydrogen) atoms. The predicted molar refractivity (Wildman–Crippen MR) is 267 cm³/mol. The number of rotatable bonds is 8. The quantitative estimate of drug-likeness (QED) is 0.166. The summed E-state index contributed by atoms with van der Waals surface area (Å²) in [6, 6.07) is 64.9. The lowest BCUT2D eigenvalue weighted by molar-refractivity contribution is 0.477. The van der Waals surface area contributed by atoms with E-state index in [1.807, 2.05) is 95.7 Å².